The minimum atomic E-state index is -3.39. The highest BCUT2D eigenvalue weighted by atomic mass is 32.2. The summed E-state index contributed by atoms with van der Waals surface area (Å²) in [5.74, 6) is 0.519. The molecule has 0 saturated carbocycles. The van der Waals surface area contributed by atoms with Gasteiger partial charge in [0, 0.05) is 12.6 Å². The molecule has 6 heteroatoms. The standard InChI is InChI=1S/C12H22N2O2S2/c1-4-9(2)5-10(3)14-18(15,16)12-6-11(7-13)8-17-12/h6,8-10,14H,4-5,7,13H2,1-3H3. The molecule has 0 bridgehead atoms. The van der Waals surface area contributed by atoms with Crippen LogP contribution in [-0.4, -0.2) is 14.5 Å². The van der Waals surface area contributed by atoms with E-state index in [0.717, 1.165) is 18.4 Å². The van der Waals surface area contributed by atoms with E-state index in [4.69, 9.17) is 5.73 Å². The van der Waals surface area contributed by atoms with Gasteiger partial charge in [0.15, 0.2) is 0 Å². The molecule has 0 aliphatic rings. The minimum Gasteiger partial charge on any atom is -0.326 e. The van der Waals surface area contributed by atoms with E-state index >= 15 is 0 Å². The van der Waals surface area contributed by atoms with E-state index in [-0.39, 0.29) is 6.04 Å². The predicted molar refractivity (Wildman–Crippen MR) is 76.1 cm³/mol. The molecule has 2 atom stereocenters. The summed E-state index contributed by atoms with van der Waals surface area (Å²) in [6, 6.07) is 1.59. The summed E-state index contributed by atoms with van der Waals surface area (Å²) in [4.78, 5) is 0. The summed E-state index contributed by atoms with van der Waals surface area (Å²) < 4.78 is 27.3. The van der Waals surface area contributed by atoms with E-state index in [1.807, 2.05) is 6.92 Å². The van der Waals surface area contributed by atoms with Crippen molar-refractivity contribution in [2.24, 2.45) is 11.7 Å². The van der Waals surface area contributed by atoms with Crippen LogP contribution in [0.5, 0.6) is 0 Å². The van der Waals surface area contributed by atoms with Gasteiger partial charge in [0.2, 0.25) is 10.0 Å². The molecule has 2 unspecified atom stereocenters. The first kappa shape index (κ1) is 15.6. The lowest BCUT2D eigenvalue weighted by Crippen LogP contribution is -2.33. The normalized spacial score (nSPS) is 15.6. The van der Waals surface area contributed by atoms with Crippen molar-refractivity contribution in [1.82, 2.24) is 4.72 Å². The second kappa shape index (κ2) is 6.65. The number of nitrogens with two attached hydrogens (primary N) is 1. The first-order valence-corrected chi connectivity index (χ1v) is 8.55. The third kappa shape index (κ3) is 4.35. The molecule has 0 radical (unpaired) electrons. The van der Waals surface area contributed by atoms with Crippen molar-refractivity contribution < 1.29 is 8.42 Å². The zero-order valence-electron chi connectivity index (χ0n) is 11.1. The van der Waals surface area contributed by atoms with Gasteiger partial charge >= 0.3 is 0 Å². The Labute approximate surface area is 114 Å². The van der Waals surface area contributed by atoms with E-state index in [2.05, 4.69) is 18.6 Å². The molecule has 4 nitrogen and oxygen atoms in total. The quantitative estimate of drug-likeness (QED) is 0.809. The average molecular weight is 290 g/mol. The summed E-state index contributed by atoms with van der Waals surface area (Å²) in [7, 11) is -3.39. The van der Waals surface area contributed by atoms with E-state index in [1.54, 1.807) is 11.4 Å². The molecular formula is C12H22N2O2S2. The number of hydrogen-bond donors (Lipinski definition) is 2. The highest BCUT2D eigenvalue weighted by Gasteiger charge is 2.20. The van der Waals surface area contributed by atoms with Gasteiger partial charge in [0.1, 0.15) is 4.21 Å². The summed E-state index contributed by atoms with van der Waals surface area (Å²) >= 11 is 1.22. The molecule has 1 aromatic rings. The minimum absolute atomic E-state index is 0.0478. The SMILES string of the molecule is CCC(C)CC(C)NS(=O)(=O)c1cc(CN)cs1. The molecule has 0 spiro atoms. The maximum Gasteiger partial charge on any atom is 0.250 e. The van der Waals surface area contributed by atoms with Crippen LogP contribution in [0.15, 0.2) is 15.7 Å². The second-order valence-corrected chi connectivity index (χ2v) is 7.60. The van der Waals surface area contributed by atoms with Gasteiger partial charge in [0.05, 0.1) is 0 Å². The fraction of sp³-hybridized carbons (Fsp3) is 0.667. The molecule has 1 rings (SSSR count). The summed E-state index contributed by atoms with van der Waals surface area (Å²) in [6.07, 6.45) is 1.91. The van der Waals surface area contributed by atoms with Crippen molar-refractivity contribution in [3.63, 3.8) is 0 Å². The van der Waals surface area contributed by atoms with Crippen molar-refractivity contribution in [3.05, 3.63) is 17.0 Å². The van der Waals surface area contributed by atoms with Gasteiger partial charge in [-0.2, -0.15) is 0 Å². The smallest absolute Gasteiger partial charge is 0.250 e. The lowest BCUT2D eigenvalue weighted by atomic mass is 10.0. The van der Waals surface area contributed by atoms with Crippen LogP contribution in [0, 0.1) is 5.92 Å². The Hall–Kier alpha value is -0.430. The number of hydrogen-bond acceptors (Lipinski definition) is 4. The van der Waals surface area contributed by atoms with Crippen LogP contribution in [0.1, 0.15) is 39.2 Å². The molecule has 3 N–H and O–H groups in total. The number of thiophene rings is 1. The van der Waals surface area contributed by atoms with Gasteiger partial charge in [-0.3, -0.25) is 0 Å². The van der Waals surface area contributed by atoms with Gasteiger partial charge in [-0.05, 0) is 36.3 Å². The van der Waals surface area contributed by atoms with Crippen molar-refractivity contribution in [3.8, 4) is 0 Å². The molecule has 0 fully saturated rings. The largest absolute Gasteiger partial charge is 0.326 e. The van der Waals surface area contributed by atoms with Gasteiger partial charge in [-0.25, -0.2) is 13.1 Å². The highest BCUT2D eigenvalue weighted by molar-refractivity contribution is 7.91. The van der Waals surface area contributed by atoms with Crippen molar-refractivity contribution in [1.29, 1.82) is 0 Å². The van der Waals surface area contributed by atoms with Crippen LogP contribution in [0.25, 0.3) is 0 Å². The molecule has 1 heterocycles. The molecule has 0 aliphatic carbocycles. The maximum absolute atomic E-state index is 12.1. The molecule has 104 valence electrons. The predicted octanol–water partition coefficient (Wildman–Crippen LogP) is 2.31. The molecule has 0 amide bonds. The third-order valence-electron chi connectivity index (χ3n) is 2.94. The molecule has 1 aromatic heterocycles. The highest BCUT2D eigenvalue weighted by Crippen LogP contribution is 2.21. The molecule has 18 heavy (non-hydrogen) atoms. The fourth-order valence-corrected chi connectivity index (χ4v) is 4.24. The van der Waals surface area contributed by atoms with Crippen molar-refractivity contribution in [2.45, 2.75) is 50.4 Å². The lowest BCUT2D eigenvalue weighted by Gasteiger charge is -2.16. The van der Waals surface area contributed by atoms with Crippen LogP contribution in [0.2, 0.25) is 0 Å². The van der Waals surface area contributed by atoms with Crippen LogP contribution >= 0.6 is 11.3 Å². The topological polar surface area (TPSA) is 72.2 Å². The first-order chi connectivity index (χ1) is 8.39. The molecule has 0 aromatic carbocycles. The summed E-state index contributed by atoms with van der Waals surface area (Å²) in [6.45, 7) is 6.51. The molecule has 0 saturated heterocycles. The third-order valence-corrected chi connectivity index (χ3v) is 6.02. The summed E-state index contributed by atoms with van der Waals surface area (Å²) in [5.41, 5.74) is 6.34. The van der Waals surface area contributed by atoms with Crippen LogP contribution < -0.4 is 10.5 Å². The van der Waals surface area contributed by atoms with E-state index in [1.165, 1.54) is 11.3 Å². The Kier molecular flexibility index (Phi) is 5.78. The molecular weight excluding hydrogens is 268 g/mol. The van der Waals surface area contributed by atoms with Crippen molar-refractivity contribution in [2.75, 3.05) is 0 Å². The van der Waals surface area contributed by atoms with Gasteiger partial charge in [-0.15, -0.1) is 11.3 Å². The summed E-state index contributed by atoms with van der Waals surface area (Å²) in [5, 5.41) is 1.79. The zero-order valence-corrected chi connectivity index (χ0v) is 12.8. The number of nitrogens with one attached hydrogen (secondary N) is 1. The van der Waals surface area contributed by atoms with Crippen LogP contribution in [0.3, 0.4) is 0 Å². The Balaban J connectivity index is 2.69. The van der Waals surface area contributed by atoms with Gasteiger partial charge < -0.3 is 5.73 Å². The van der Waals surface area contributed by atoms with E-state index in [0.29, 0.717) is 16.7 Å². The molecule has 0 aliphatic heterocycles. The fourth-order valence-electron chi connectivity index (χ4n) is 1.74. The van der Waals surface area contributed by atoms with Gasteiger partial charge in [0.25, 0.3) is 0 Å². The van der Waals surface area contributed by atoms with E-state index in [9.17, 15) is 8.42 Å². The van der Waals surface area contributed by atoms with Gasteiger partial charge in [-0.1, -0.05) is 20.3 Å². The number of sulfonamides is 1. The number of rotatable bonds is 7. The van der Waals surface area contributed by atoms with E-state index < -0.39 is 10.0 Å². The van der Waals surface area contributed by atoms with Crippen molar-refractivity contribution >= 4 is 21.4 Å². The Bertz CT molecular complexity index is 468. The Morgan fingerprint density at radius 3 is 2.61 bits per heavy atom. The van der Waals surface area contributed by atoms with Crippen LogP contribution in [-0.2, 0) is 16.6 Å². The van der Waals surface area contributed by atoms with Crippen LogP contribution in [0.4, 0.5) is 0 Å². The first-order valence-electron chi connectivity index (χ1n) is 6.18. The maximum atomic E-state index is 12.1. The zero-order chi connectivity index (χ0) is 13.8. The Morgan fingerprint density at radius 2 is 2.11 bits per heavy atom. The lowest BCUT2D eigenvalue weighted by molar-refractivity contribution is 0.446. The monoisotopic (exact) mass is 290 g/mol. The average Bonchev–Trinajstić information content (AvgIpc) is 2.77. The second-order valence-electron chi connectivity index (χ2n) is 4.75. The Morgan fingerprint density at radius 1 is 1.44 bits per heavy atom.